The maximum Gasteiger partial charge on any atom is 0.118 e. The summed E-state index contributed by atoms with van der Waals surface area (Å²) in [5.41, 5.74) is 1.30. The first-order chi connectivity index (χ1) is 10.1. The highest BCUT2D eigenvalue weighted by Gasteiger charge is 2.21. The number of furan rings is 1. The molecule has 4 heteroatoms. The second kappa shape index (κ2) is 7.97. The Morgan fingerprint density at radius 1 is 1.24 bits per heavy atom. The summed E-state index contributed by atoms with van der Waals surface area (Å²) in [6, 6.07) is 2.93. The molecule has 0 aromatic carbocycles. The van der Waals surface area contributed by atoms with Gasteiger partial charge in [0.25, 0.3) is 0 Å². The first-order valence-corrected chi connectivity index (χ1v) is 8.39. The molecule has 1 atom stereocenters. The number of hydrogen-bond acceptors (Lipinski definition) is 4. The van der Waals surface area contributed by atoms with Gasteiger partial charge in [0.05, 0.1) is 6.54 Å². The van der Waals surface area contributed by atoms with E-state index in [0.29, 0.717) is 6.04 Å². The van der Waals surface area contributed by atoms with Gasteiger partial charge in [0.1, 0.15) is 11.5 Å². The Kier molecular flexibility index (Phi) is 6.27. The summed E-state index contributed by atoms with van der Waals surface area (Å²) in [6.45, 7) is 16.3. The van der Waals surface area contributed by atoms with Crippen molar-refractivity contribution in [2.24, 2.45) is 0 Å². The molecule has 1 aromatic heterocycles. The molecule has 1 saturated heterocycles. The minimum atomic E-state index is 0.713. The normalized spacial score (nSPS) is 19.0. The van der Waals surface area contributed by atoms with Crippen LogP contribution in [0.4, 0.5) is 0 Å². The predicted molar refractivity (Wildman–Crippen MR) is 87.4 cm³/mol. The molecule has 1 aromatic rings. The van der Waals surface area contributed by atoms with Gasteiger partial charge >= 0.3 is 0 Å². The predicted octanol–water partition coefficient (Wildman–Crippen LogP) is 2.61. The summed E-state index contributed by atoms with van der Waals surface area (Å²) < 4.78 is 5.91. The van der Waals surface area contributed by atoms with E-state index in [1.165, 1.54) is 25.1 Å². The van der Waals surface area contributed by atoms with Gasteiger partial charge in [-0.2, -0.15) is 0 Å². The van der Waals surface area contributed by atoms with Gasteiger partial charge in [-0.05, 0) is 32.9 Å². The number of rotatable bonds is 7. The molecule has 0 aliphatic carbocycles. The van der Waals surface area contributed by atoms with E-state index in [2.05, 4.69) is 48.9 Å². The Bertz CT molecular complexity index is 422. The molecule has 1 fully saturated rings. The highest BCUT2D eigenvalue weighted by molar-refractivity contribution is 5.20. The molecule has 0 spiro atoms. The van der Waals surface area contributed by atoms with Gasteiger partial charge in [0, 0.05) is 44.3 Å². The lowest BCUT2D eigenvalue weighted by Crippen LogP contribution is -2.48. The summed E-state index contributed by atoms with van der Waals surface area (Å²) in [7, 11) is 0. The van der Waals surface area contributed by atoms with Crippen LogP contribution in [-0.4, -0.2) is 48.6 Å². The highest BCUT2D eigenvalue weighted by Crippen LogP contribution is 2.18. The molecule has 2 heterocycles. The molecule has 4 nitrogen and oxygen atoms in total. The lowest BCUT2D eigenvalue weighted by Gasteiger charge is -2.37. The van der Waals surface area contributed by atoms with Crippen molar-refractivity contribution >= 4 is 0 Å². The average Bonchev–Trinajstić information content (AvgIpc) is 2.84. The zero-order chi connectivity index (χ0) is 15.2. The first-order valence-electron chi connectivity index (χ1n) is 8.39. The van der Waals surface area contributed by atoms with Crippen molar-refractivity contribution in [3.05, 3.63) is 23.2 Å². The van der Waals surface area contributed by atoms with Gasteiger partial charge in [-0.15, -0.1) is 0 Å². The molecule has 1 unspecified atom stereocenters. The van der Waals surface area contributed by atoms with Gasteiger partial charge in [0.2, 0.25) is 0 Å². The van der Waals surface area contributed by atoms with Crippen molar-refractivity contribution < 1.29 is 4.42 Å². The highest BCUT2D eigenvalue weighted by atomic mass is 16.3. The molecule has 1 N–H and O–H groups in total. The van der Waals surface area contributed by atoms with Crippen molar-refractivity contribution in [2.45, 2.75) is 53.2 Å². The van der Waals surface area contributed by atoms with Crippen molar-refractivity contribution in [3.8, 4) is 0 Å². The number of piperazine rings is 1. The summed E-state index contributed by atoms with van der Waals surface area (Å²) in [4.78, 5) is 5.11. The Labute approximate surface area is 129 Å². The zero-order valence-corrected chi connectivity index (χ0v) is 14.1. The quantitative estimate of drug-likeness (QED) is 0.837. The third kappa shape index (κ3) is 4.56. The first kappa shape index (κ1) is 16.5. The fourth-order valence-corrected chi connectivity index (χ4v) is 2.94. The Morgan fingerprint density at radius 3 is 2.57 bits per heavy atom. The molecular formula is C17H31N3O. The van der Waals surface area contributed by atoms with Crippen LogP contribution in [0.3, 0.4) is 0 Å². The fraction of sp³-hybridized carbons (Fsp3) is 0.765. The van der Waals surface area contributed by atoms with Crippen LogP contribution in [0, 0.1) is 6.92 Å². The standard InChI is InChI=1S/C17H31N3O/c1-5-14(3)20-9-7-19(8-10-20)13-17-11-16(12-18-6-2)15(4)21-17/h11,14,18H,5-10,12-13H2,1-4H3. The summed E-state index contributed by atoms with van der Waals surface area (Å²) in [5.74, 6) is 2.17. The molecule has 120 valence electrons. The van der Waals surface area contributed by atoms with Crippen LogP contribution >= 0.6 is 0 Å². The van der Waals surface area contributed by atoms with Crippen LogP contribution in [0.15, 0.2) is 10.5 Å². The monoisotopic (exact) mass is 293 g/mol. The minimum Gasteiger partial charge on any atom is -0.465 e. The Balaban J connectivity index is 1.83. The van der Waals surface area contributed by atoms with Crippen LogP contribution < -0.4 is 5.32 Å². The topological polar surface area (TPSA) is 31.6 Å². The molecule has 0 saturated carbocycles. The average molecular weight is 293 g/mol. The van der Waals surface area contributed by atoms with Gasteiger partial charge in [-0.3, -0.25) is 9.80 Å². The lowest BCUT2D eigenvalue weighted by molar-refractivity contribution is 0.0918. The Morgan fingerprint density at radius 2 is 1.95 bits per heavy atom. The smallest absolute Gasteiger partial charge is 0.118 e. The maximum atomic E-state index is 5.91. The van der Waals surface area contributed by atoms with Gasteiger partial charge in [-0.1, -0.05) is 13.8 Å². The van der Waals surface area contributed by atoms with E-state index in [9.17, 15) is 0 Å². The molecular weight excluding hydrogens is 262 g/mol. The lowest BCUT2D eigenvalue weighted by atomic mass is 10.2. The summed E-state index contributed by atoms with van der Waals surface area (Å²) in [6.07, 6.45) is 1.24. The minimum absolute atomic E-state index is 0.713. The number of aryl methyl sites for hydroxylation is 1. The van der Waals surface area contributed by atoms with E-state index in [-0.39, 0.29) is 0 Å². The fourth-order valence-electron chi connectivity index (χ4n) is 2.94. The van der Waals surface area contributed by atoms with Crippen molar-refractivity contribution in [3.63, 3.8) is 0 Å². The van der Waals surface area contributed by atoms with Crippen molar-refractivity contribution in [2.75, 3.05) is 32.7 Å². The van der Waals surface area contributed by atoms with Crippen molar-refractivity contribution in [1.29, 1.82) is 0 Å². The van der Waals surface area contributed by atoms with Gasteiger partial charge in [-0.25, -0.2) is 0 Å². The van der Waals surface area contributed by atoms with Gasteiger partial charge in [0.15, 0.2) is 0 Å². The number of nitrogens with one attached hydrogen (secondary N) is 1. The molecule has 0 radical (unpaired) electrons. The summed E-state index contributed by atoms with van der Waals surface area (Å²) >= 11 is 0. The molecule has 2 rings (SSSR count). The number of hydrogen-bond donors (Lipinski definition) is 1. The van der Waals surface area contributed by atoms with Crippen molar-refractivity contribution in [1.82, 2.24) is 15.1 Å². The third-order valence-corrected chi connectivity index (χ3v) is 4.64. The second-order valence-corrected chi connectivity index (χ2v) is 6.14. The van der Waals surface area contributed by atoms with Crippen LogP contribution in [-0.2, 0) is 13.1 Å². The van der Waals surface area contributed by atoms with Gasteiger partial charge < -0.3 is 9.73 Å². The van der Waals surface area contributed by atoms with Crippen LogP contribution in [0.5, 0.6) is 0 Å². The Hall–Kier alpha value is -0.840. The third-order valence-electron chi connectivity index (χ3n) is 4.64. The van der Waals surface area contributed by atoms with Crippen LogP contribution in [0.25, 0.3) is 0 Å². The molecule has 1 aliphatic rings. The van der Waals surface area contributed by atoms with E-state index < -0.39 is 0 Å². The largest absolute Gasteiger partial charge is 0.465 e. The van der Waals surface area contributed by atoms with E-state index in [4.69, 9.17) is 4.42 Å². The van der Waals surface area contributed by atoms with E-state index in [1.54, 1.807) is 0 Å². The van der Waals surface area contributed by atoms with E-state index in [0.717, 1.165) is 44.2 Å². The van der Waals surface area contributed by atoms with Crippen LogP contribution in [0.1, 0.15) is 44.3 Å². The molecule has 1 aliphatic heterocycles. The molecule has 0 amide bonds. The van der Waals surface area contributed by atoms with Crippen LogP contribution in [0.2, 0.25) is 0 Å². The van der Waals surface area contributed by atoms with E-state index in [1.807, 2.05) is 0 Å². The molecule has 21 heavy (non-hydrogen) atoms. The second-order valence-electron chi connectivity index (χ2n) is 6.14. The maximum absolute atomic E-state index is 5.91. The van der Waals surface area contributed by atoms with E-state index >= 15 is 0 Å². The number of nitrogens with zero attached hydrogens (tertiary/aromatic N) is 2. The zero-order valence-electron chi connectivity index (χ0n) is 14.1. The molecule has 0 bridgehead atoms. The summed E-state index contributed by atoms with van der Waals surface area (Å²) in [5, 5.41) is 3.37. The SMILES string of the molecule is CCNCc1cc(CN2CCN(C(C)CC)CC2)oc1C.